The molecule has 0 saturated carbocycles. The molecule has 156 valence electrons. The number of hydrogen-bond acceptors (Lipinski definition) is 2. The molecule has 0 amide bonds. The second-order valence-corrected chi connectivity index (χ2v) is 7.91. The first-order chi connectivity index (χ1) is 14.7. The molecular formula is C28H32O2. The van der Waals surface area contributed by atoms with Gasteiger partial charge in [-0.05, 0) is 36.5 Å². The monoisotopic (exact) mass is 400 g/mol. The summed E-state index contributed by atoms with van der Waals surface area (Å²) in [7, 11) is 0. The fraction of sp³-hybridized carbons (Fsp3) is 0.321. The van der Waals surface area contributed by atoms with Gasteiger partial charge in [-0.1, -0.05) is 117 Å². The number of esters is 1. The van der Waals surface area contributed by atoms with Crippen LogP contribution in [0.15, 0.2) is 91.0 Å². The van der Waals surface area contributed by atoms with E-state index in [2.05, 4.69) is 6.92 Å². The number of ether oxygens (including phenoxy) is 1. The first-order valence-corrected chi connectivity index (χ1v) is 11.1. The van der Waals surface area contributed by atoms with Crippen LogP contribution in [0.2, 0.25) is 0 Å². The summed E-state index contributed by atoms with van der Waals surface area (Å²) in [6.45, 7) is 4.22. The highest BCUT2D eigenvalue weighted by molar-refractivity contribution is 5.92. The van der Waals surface area contributed by atoms with Crippen molar-refractivity contribution in [2.24, 2.45) is 0 Å². The molecule has 0 unspecified atom stereocenters. The van der Waals surface area contributed by atoms with Crippen LogP contribution >= 0.6 is 0 Å². The fourth-order valence-electron chi connectivity index (χ4n) is 4.11. The summed E-state index contributed by atoms with van der Waals surface area (Å²) in [5.41, 5.74) is 1.77. The average molecular weight is 401 g/mol. The molecule has 0 spiro atoms. The van der Waals surface area contributed by atoms with E-state index < -0.39 is 5.41 Å². The normalized spacial score (nSPS) is 12.3. The molecule has 0 aliphatic rings. The van der Waals surface area contributed by atoms with Crippen molar-refractivity contribution in [3.8, 4) is 0 Å². The van der Waals surface area contributed by atoms with Gasteiger partial charge in [0.15, 0.2) is 0 Å². The molecule has 0 aromatic heterocycles. The maximum absolute atomic E-state index is 13.9. The smallest absolute Gasteiger partial charge is 0.325 e. The Labute approximate surface area is 180 Å². The molecule has 3 aromatic rings. The van der Waals surface area contributed by atoms with Gasteiger partial charge in [0, 0.05) is 0 Å². The van der Waals surface area contributed by atoms with E-state index in [1.54, 1.807) is 0 Å². The quantitative estimate of drug-likeness (QED) is 0.210. The fourth-order valence-corrected chi connectivity index (χ4v) is 4.11. The van der Waals surface area contributed by atoms with Gasteiger partial charge in [0.1, 0.15) is 5.41 Å². The number of benzene rings is 3. The third-order valence-corrected chi connectivity index (χ3v) is 5.70. The number of carbonyl (C=O) groups excluding carboxylic acids is 1. The molecule has 2 nitrogen and oxygen atoms in total. The van der Waals surface area contributed by atoms with Gasteiger partial charge < -0.3 is 4.74 Å². The first-order valence-electron chi connectivity index (χ1n) is 11.1. The minimum Gasteiger partial charge on any atom is -0.462 e. The highest BCUT2D eigenvalue weighted by Crippen LogP contribution is 2.40. The minimum atomic E-state index is -0.999. The zero-order valence-corrected chi connectivity index (χ0v) is 18.1. The summed E-state index contributed by atoms with van der Waals surface area (Å²) in [4.78, 5) is 13.9. The van der Waals surface area contributed by atoms with Gasteiger partial charge in [-0.25, -0.2) is 0 Å². The van der Waals surface area contributed by atoms with Gasteiger partial charge in [-0.15, -0.1) is 0 Å². The van der Waals surface area contributed by atoms with Crippen LogP contribution in [0.25, 0.3) is 0 Å². The molecular weight excluding hydrogens is 368 g/mol. The van der Waals surface area contributed by atoms with Gasteiger partial charge in [0.2, 0.25) is 0 Å². The maximum atomic E-state index is 13.9. The lowest BCUT2D eigenvalue weighted by atomic mass is 9.69. The van der Waals surface area contributed by atoms with Gasteiger partial charge >= 0.3 is 5.97 Å². The van der Waals surface area contributed by atoms with Gasteiger partial charge in [-0.2, -0.15) is 0 Å². The topological polar surface area (TPSA) is 26.3 Å². The first kappa shape index (κ1) is 21.8. The van der Waals surface area contributed by atoms with E-state index >= 15 is 0 Å². The zero-order valence-electron chi connectivity index (χ0n) is 18.1. The van der Waals surface area contributed by atoms with E-state index in [0.717, 1.165) is 29.5 Å². The lowest BCUT2D eigenvalue weighted by molar-refractivity contribution is -0.152. The van der Waals surface area contributed by atoms with Crippen molar-refractivity contribution in [3.05, 3.63) is 108 Å². The van der Waals surface area contributed by atoms with Crippen LogP contribution in [0.1, 0.15) is 62.6 Å². The van der Waals surface area contributed by atoms with Crippen molar-refractivity contribution >= 4 is 5.97 Å². The maximum Gasteiger partial charge on any atom is 0.325 e. The number of hydrogen-bond donors (Lipinski definition) is 0. The van der Waals surface area contributed by atoms with Gasteiger partial charge in [0.25, 0.3) is 0 Å². The van der Waals surface area contributed by atoms with Crippen molar-refractivity contribution in [3.63, 3.8) is 0 Å². The van der Waals surface area contributed by atoms with Crippen molar-refractivity contribution < 1.29 is 9.53 Å². The van der Waals surface area contributed by atoms with E-state index in [-0.39, 0.29) is 12.1 Å². The van der Waals surface area contributed by atoms with Crippen LogP contribution in [0, 0.1) is 0 Å². The zero-order chi connectivity index (χ0) is 21.2. The van der Waals surface area contributed by atoms with E-state index in [4.69, 9.17) is 4.74 Å². The molecule has 3 aromatic carbocycles. The molecule has 0 aliphatic carbocycles. The Balaban J connectivity index is 2.04. The number of unbranched alkanes of at least 4 members (excludes halogenated alkanes) is 3. The SMILES string of the molecule is CCCCCC[C@@H](C)OC(=O)C(c1ccccc1)(c1ccccc1)c1ccccc1. The molecule has 1 atom stereocenters. The summed E-state index contributed by atoms with van der Waals surface area (Å²) in [6, 6.07) is 30.0. The van der Waals surface area contributed by atoms with E-state index in [1.807, 2.05) is 97.9 Å². The lowest BCUT2D eigenvalue weighted by Crippen LogP contribution is -2.41. The molecule has 0 fully saturated rings. The molecule has 0 heterocycles. The Morgan fingerprint density at radius 3 is 1.57 bits per heavy atom. The van der Waals surface area contributed by atoms with Crippen molar-refractivity contribution in [1.29, 1.82) is 0 Å². The standard InChI is InChI=1S/C28H32O2/c1-3-4-5-9-16-23(2)30-27(29)28(24-17-10-6-11-18-24,25-19-12-7-13-20-25)26-21-14-8-15-22-26/h6-8,10-15,17-23H,3-5,9,16H2,1-2H3/t23-/m1/s1. The third kappa shape index (κ3) is 4.81. The van der Waals surface area contributed by atoms with Crippen LogP contribution in [-0.2, 0) is 14.9 Å². The molecule has 30 heavy (non-hydrogen) atoms. The van der Waals surface area contributed by atoms with Crippen molar-refractivity contribution in [2.75, 3.05) is 0 Å². The average Bonchev–Trinajstić information content (AvgIpc) is 2.79. The van der Waals surface area contributed by atoms with Crippen LogP contribution in [0.4, 0.5) is 0 Å². The Kier molecular flexibility index (Phi) is 7.84. The largest absolute Gasteiger partial charge is 0.462 e. The summed E-state index contributed by atoms with van der Waals surface area (Å²) in [5, 5.41) is 0. The van der Waals surface area contributed by atoms with Crippen LogP contribution < -0.4 is 0 Å². The molecule has 0 radical (unpaired) electrons. The third-order valence-electron chi connectivity index (χ3n) is 5.70. The predicted octanol–water partition coefficient (Wildman–Crippen LogP) is 6.92. The second kappa shape index (κ2) is 10.8. The highest BCUT2D eigenvalue weighted by atomic mass is 16.5. The van der Waals surface area contributed by atoms with Crippen molar-refractivity contribution in [1.82, 2.24) is 0 Å². The highest BCUT2D eigenvalue weighted by Gasteiger charge is 2.45. The molecule has 0 N–H and O–H groups in total. The summed E-state index contributed by atoms with van der Waals surface area (Å²) in [5.74, 6) is -0.214. The van der Waals surface area contributed by atoms with Crippen LogP contribution in [-0.4, -0.2) is 12.1 Å². The Morgan fingerprint density at radius 2 is 1.17 bits per heavy atom. The molecule has 2 heteroatoms. The molecule has 0 aliphatic heterocycles. The van der Waals surface area contributed by atoms with E-state index in [0.29, 0.717) is 0 Å². The number of carbonyl (C=O) groups is 1. The summed E-state index contributed by atoms with van der Waals surface area (Å²) >= 11 is 0. The van der Waals surface area contributed by atoms with E-state index in [1.165, 1.54) is 19.3 Å². The van der Waals surface area contributed by atoms with Crippen LogP contribution in [0.3, 0.4) is 0 Å². The van der Waals surface area contributed by atoms with Crippen LogP contribution in [0.5, 0.6) is 0 Å². The van der Waals surface area contributed by atoms with Gasteiger partial charge in [0.05, 0.1) is 6.10 Å². The summed E-state index contributed by atoms with van der Waals surface area (Å²) in [6.07, 6.45) is 5.46. The molecule has 0 saturated heterocycles. The Bertz CT molecular complexity index is 791. The second-order valence-electron chi connectivity index (χ2n) is 7.91. The lowest BCUT2D eigenvalue weighted by Gasteiger charge is -2.34. The van der Waals surface area contributed by atoms with Gasteiger partial charge in [-0.3, -0.25) is 4.79 Å². The summed E-state index contributed by atoms with van der Waals surface area (Å²) < 4.78 is 6.12. The Morgan fingerprint density at radius 1 is 0.733 bits per heavy atom. The minimum absolute atomic E-state index is 0.120. The molecule has 3 rings (SSSR count). The Hall–Kier alpha value is -2.87. The predicted molar refractivity (Wildman–Crippen MR) is 124 cm³/mol. The molecule has 0 bridgehead atoms. The van der Waals surface area contributed by atoms with Crippen molar-refractivity contribution in [2.45, 2.75) is 57.5 Å². The van der Waals surface area contributed by atoms with E-state index in [9.17, 15) is 4.79 Å². The number of rotatable bonds is 10.